The highest BCUT2D eigenvalue weighted by Gasteiger charge is 2.11. The van der Waals surface area contributed by atoms with E-state index < -0.39 is 0 Å². The highest BCUT2D eigenvalue weighted by molar-refractivity contribution is 6.43. The number of oxazole rings is 1. The van der Waals surface area contributed by atoms with E-state index in [1.165, 1.54) is 0 Å². The molecule has 140 valence electrons. The van der Waals surface area contributed by atoms with Gasteiger partial charge in [-0.1, -0.05) is 29.3 Å². The van der Waals surface area contributed by atoms with Crippen LogP contribution in [0.3, 0.4) is 0 Å². The molecule has 0 atom stereocenters. The Kier molecular flexibility index (Phi) is 6.37. The number of nitrogens with zero attached hydrogens (tertiary/aromatic N) is 1. The Hall–Kier alpha value is -2.50. The molecule has 0 saturated carbocycles. The fraction of sp³-hybridized carbons (Fsp3) is 0.200. The molecule has 7 heteroatoms. The van der Waals surface area contributed by atoms with E-state index >= 15 is 0 Å². The van der Waals surface area contributed by atoms with Crippen LogP contribution in [0.15, 0.2) is 53.1 Å². The molecule has 1 N–H and O–H groups in total. The number of anilines is 1. The predicted octanol–water partition coefficient (Wildman–Crippen LogP) is 5.62. The van der Waals surface area contributed by atoms with E-state index in [0.29, 0.717) is 40.4 Å². The third-order valence-corrected chi connectivity index (χ3v) is 4.61. The van der Waals surface area contributed by atoms with Gasteiger partial charge < -0.3 is 14.5 Å². The van der Waals surface area contributed by atoms with Gasteiger partial charge in [0.05, 0.1) is 28.5 Å². The van der Waals surface area contributed by atoms with Gasteiger partial charge in [-0.2, -0.15) is 0 Å². The average molecular weight is 405 g/mol. The second kappa shape index (κ2) is 8.93. The summed E-state index contributed by atoms with van der Waals surface area (Å²) in [6, 6.07) is 12.6. The summed E-state index contributed by atoms with van der Waals surface area (Å²) < 4.78 is 11.2. The zero-order valence-electron chi connectivity index (χ0n) is 14.7. The molecule has 0 bridgehead atoms. The van der Waals surface area contributed by atoms with Crippen molar-refractivity contribution in [2.75, 3.05) is 11.9 Å². The van der Waals surface area contributed by atoms with Crippen molar-refractivity contribution in [2.45, 2.75) is 19.8 Å². The van der Waals surface area contributed by atoms with Gasteiger partial charge in [0.15, 0.2) is 11.7 Å². The lowest BCUT2D eigenvalue weighted by molar-refractivity contribution is -0.116. The van der Waals surface area contributed by atoms with E-state index in [9.17, 15) is 4.79 Å². The Morgan fingerprint density at radius 3 is 2.70 bits per heavy atom. The fourth-order valence-corrected chi connectivity index (χ4v) is 2.82. The van der Waals surface area contributed by atoms with E-state index in [0.717, 1.165) is 11.3 Å². The van der Waals surface area contributed by atoms with E-state index in [1.54, 1.807) is 24.4 Å². The Morgan fingerprint density at radius 1 is 1.19 bits per heavy atom. The molecule has 3 aromatic rings. The van der Waals surface area contributed by atoms with Crippen LogP contribution in [-0.4, -0.2) is 17.5 Å². The minimum absolute atomic E-state index is 0.194. The normalized spacial score (nSPS) is 10.6. The SMILES string of the molecule is CCOc1ccc(-c2cnc(CCC(=O)Nc3cccc(Cl)c3Cl)o2)cc1. The number of amides is 1. The molecular formula is C20H18Cl2N2O3. The van der Waals surface area contributed by atoms with Crippen LogP contribution in [0.4, 0.5) is 5.69 Å². The van der Waals surface area contributed by atoms with Gasteiger partial charge >= 0.3 is 0 Å². The summed E-state index contributed by atoms with van der Waals surface area (Å²) >= 11 is 12.0. The number of hydrogen-bond donors (Lipinski definition) is 1. The minimum Gasteiger partial charge on any atom is -0.494 e. The van der Waals surface area contributed by atoms with E-state index in [1.807, 2.05) is 31.2 Å². The minimum atomic E-state index is -0.194. The quantitative estimate of drug-likeness (QED) is 0.554. The summed E-state index contributed by atoms with van der Waals surface area (Å²) in [5.74, 6) is 1.75. The number of nitrogens with one attached hydrogen (secondary N) is 1. The Morgan fingerprint density at radius 2 is 1.96 bits per heavy atom. The van der Waals surface area contributed by atoms with Gasteiger partial charge in [0.1, 0.15) is 5.75 Å². The highest BCUT2D eigenvalue weighted by atomic mass is 35.5. The predicted molar refractivity (Wildman–Crippen MR) is 107 cm³/mol. The van der Waals surface area contributed by atoms with Crippen molar-refractivity contribution < 1.29 is 13.9 Å². The summed E-state index contributed by atoms with van der Waals surface area (Å²) in [6.07, 6.45) is 2.24. The average Bonchev–Trinajstić information content (AvgIpc) is 3.14. The number of aromatic nitrogens is 1. The van der Waals surface area contributed by atoms with Crippen molar-refractivity contribution in [2.24, 2.45) is 0 Å². The van der Waals surface area contributed by atoms with Gasteiger partial charge in [-0.05, 0) is 43.3 Å². The number of hydrogen-bond acceptors (Lipinski definition) is 4. The van der Waals surface area contributed by atoms with Crippen LogP contribution in [0, 0.1) is 0 Å². The maximum absolute atomic E-state index is 12.1. The molecule has 0 fully saturated rings. The molecule has 5 nitrogen and oxygen atoms in total. The van der Waals surface area contributed by atoms with Crippen LogP contribution in [0.2, 0.25) is 10.0 Å². The van der Waals surface area contributed by atoms with Crippen LogP contribution in [0.1, 0.15) is 19.2 Å². The summed E-state index contributed by atoms with van der Waals surface area (Å²) in [7, 11) is 0. The van der Waals surface area contributed by atoms with Gasteiger partial charge in [-0.3, -0.25) is 4.79 Å². The first-order valence-corrected chi connectivity index (χ1v) is 9.24. The van der Waals surface area contributed by atoms with Gasteiger partial charge in [0, 0.05) is 18.4 Å². The molecule has 1 aromatic heterocycles. The lowest BCUT2D eigenvalue weighted by atomic mass is 10.2. The molecule has 0 aliphatic heterocycles. The third-order valence-electron chi connectivity index (χ3n) is 3.80. The molecule has 27 heavy (non-hydrogen) atoms. The highest BCUT2D eigenvalue weighted by Crippen LogP contribution is 2.29. The molecule has 3 rings (SSSR count). The smallest absolute Gasteiger partial charge is 0.224 e. The summed E-state index contributed by atoms with van der Waals surface area (Å²) in [4.78, 5) is 16.4. The van der Waals surface area contributed by atoms with E-state index in [-0.39, 0.29) is 12.3 Å². The molecule has 0 saturated heterocycles. The van der Waals surface area contributed by atoms with Gasteiger partial charge in [-0.15, -0.1) is 0 Å². The van der Waals surface area contributed by atoms with Crippen LogP contribution in [0.5, 0.6) is 5.75 Å². The van der Waals surface area contributed by atoms with Gasteiger partial charge in [0.2, 0.25) is 5.91 Å². The second-order valence-corrected chi connectivity index (χ2v) is 6.51. The lowest BCUT2D eigenvalue weighted by Crippen LogP contribution is -2.12. The van der Waals surface area contributed by atoms with E-state index in [4.69, 9.17) is 32.4 Å². The number of halogens is 2. The maximum atomic E-state index is 12.1. The zero-order valence-corrected chi connectivity index (χ0v) is 16.2. The summed E-state index contributed by atoms with van der Waals surface area (Å²) in [5, 5.41) is 3.45. The van der Waals surface area contributed by atoms with Crippen molar-refractivity contribution in [3.8, 4) is 17.1 Å². The van der Waals surface area contributed by atoms with Crippen LogP contribution >= 0.6 is 23.2 Å². The zero-order chi connectivity index (χ0) is 19.2. The summed E-state index contributed by atoms with van der Waals surface area (Å²) in [5.41, 5.74) is 1.38. The van der Waals surface area contributed by atoms with Crippen LogP contribution in [0.25, 0.3) is 11.3 Å². The first-order valence-electron chi connectivity index (χ1n) is 8.48. The number of carbonyl (C=O) groups excluding carboxylic acids is 1. The number of benzene rings is 2. The first-order chi connectivity index (χ1) is 13.1. The molecule has 0 spiro atoms. The Labute approximate surface area is 167 Å². The van der Waals surface area contributed by atoms with Crippen molar-refractivity contribution >= 4 is 34.8 Å². The standard InChI is InChI=1S/C20H18Cl2N2O3/c1-2-26-14-8-6-13(7-9-14)17-12-23-19(27-17)11-10-18(25)24-16-5-3-4-15(21)20(16)22/h3-9,12H,2,10-11H2,1H3,(H,24,25). The Bertz CT molecular complexity index is 923. The number of carbonyl (C=O) groups is 1. The number of ether oxygens (including phenoxy) is 1. The monoisotopic (exact) mass is 404 g/mol. The Balaban J connectivity index is 1.57. The van der Waals surface area contributed by atoms with Crippen LogP contribution in [-0.2, 0) is 11.2 Å². The van der Waals surface area contributed by atoms with Crippen molar-refractivity contribution in [1.82, 2.24) is 4.98 Å². The van der Waals surface area contributed by atoms with Crippen molar-refractivity contribution in [1.29, 1.82) is 0 Å². The molecule has 1 amide bonds. The largest absolute Gasteiger partial charge is 0.494 e. The van der Waals surface area contributed by atoms with Gasteiger partial charge in [0.25, 0.3) is 0 Å². The lowest BCUT2D eigenvalue weighted by Gasteiger charge is -2.07. The first kappa shape index (κ1) is 19.3. The topological polar surface area (TPSA) is 64.4 Å². The van der Waals surface area contributed by atoms with Crippen molar-refractivity contribution in [3.05, 3.63) is 64.6 Å². The third kappa shape index (κ3) is 5.02. The second-order valence-electron chi connectivity index (χ2n) is 5.73. The molecule has 2 aromatic carbocycles. The van der Waals surface area contributed by atoms with Crippen LogP contribution < -0.4 is 10.1 Å². The number of aryl methyl sites for hydroxylation is 1. The maximum Gasteiger partial charge on any atom is 0.224 e. The molecule has 0 radical (unpaired) electrons. The molecule has 0 aliphatic carbocycles. The molecule has 1 heterocycles. The summed E-state index contributed by atoms with van der Waals surface area (Å²) in [6.45, 7) is 2.56. The molecule has 0 aliphatic rings. The van der Waals surface area contributed by atoms with Crippen molar-refractivity contribution in [3.63, 3.8) is 0 Å². The number of rotatable bonds is 7. The fourth-order valence-electron chi connectivity index (χ4n) is 2.47. The molecule has 0 unspecified atom stereocenters. The molecular weight excluding hydrogens is 387 g/mol. The van der Waals surface area contributed by atoms with Gasteiger partial charge in [-0.25, -0.2) is 4.98 Å². The van der Waals surface area contributed by atoms with E-state index in [2.05, 4.69) is 10.3 Å².